The normalized spacial score (nSPS) is 34.9. The maximum atomic E-state index is 9.67. The lowest BCUT2D eigenvalue weighted by Crippen LogP contribution is -2.37. The summed E-state index contributed by atoms with van der Waals surface area (Å²) in [6.45, 7) is 1.04. The number of nitrogens with one attached hydrogen (secondary N) is 1. The number of aliphatic hydroxyl groups is 1. The highest BCUT2D eigenvalue weighted by Crippen LogP contribution is 2.25. The average molecular weight is 215 g/mol. The van der Waals surface area contributed by atoms with Crippen LogP contribution in [-0.4, -0.2) is 35.3 Å². The van der Waals surface area contributed by atoms with Gasteiger partial charge in [0.15, 0.2) is 0 Å². The summed E-state index contributed by atoms with van der Waals surface area (Å²) in [4.78, 5) is 0. The minimum atomic E-state index is -0.0273. The lowest BCUT2D eigenvalue weighted by Gasteiger charge is -2.25. The molecule has 2 nitrogen and oxygen atoms in total. The molecule has 1 aliphatic heterocycles. The molecule has 2 unspecified atom stereocenters. The van der Waals surface area contributed by atoms with Gasteiger partial charge < -0.3 is 10.4 Å². The molecule has 2 atom stereocenters. The molecule has 1 aliphatic carbocycles. The molecule has 0 spiro atoms. The van der Waals surface area contributed by atoms with Crippen molar-refractivity contribution in [2.45, 2.75) is 44.2 Å². The summed E-state index contributed by atoms with van der Waals surface area (Å²) in [7, 11) is 0. The molecule has 3 heteroatoms. The van der Waals surface area contributed by atoms with Crippen molar-refractivity contribution in [3.63, 3.8) is 0 Å². The summed E-state index contributed by atoms with van der Waals surface area (Å²) in [5, 5.41) is 13.3. The van der Waals surface area contributed by atoms with Crippen molar-refractivity contribution >= 4 is 11.8 Å². The maximum Gasteiger partial charge on any atom is 0.0580 e. The third-order valence-electron chi connectivity index (χ3n) is 3.51. The van der Waals surface area contributed by atoms with Crippen molar-refractivity contribution in [3.8, 4) is 0 Å². The third kappa shape index (κ3) is 2.88. The molecule has 1 heterocycles. The Labute approximate surface area is 90.8 Å². The van der Waals surface area contributed by atoms with E-state index in [1.165, 1.54) is 37.2 Å². The van der Waals surface area contributed by atoms with Gasteiger partial charge in [0.05, 0.1) is 6.10 Å². The largest absolute Gasteiger partial charge is 0.393 e. The number of hydrogen-bond donors (Lipinski definition) is 2. The minimum absolute atomic E-state index is 0.0273. The molecule has 0 amide bonds. The van der Waals surface area contributed by atoms with Crippen molar-refractivity contribution in [2.75, 3.05) is 18.1 Å². The van der Waals surface area contributed by atoms with E-state index in [2.05, 4.69) is 17.1 Å². The van der Waals surface area contributed by atoms with Gasteiger partial charge in [-0.05, 0) is 43.1 Å². The average Bonchev–Trinajstić information content (AvgIpc) is 2.63. The van der Waals surface area contributed by atoms with Crippen LogP contribution in [0.3, 0.4) is 0 Å². The molecule has 1 saturated heterocycles. The first-order valence-electron chi connectivity index (χ1n) is 5.85. The van der Waals surface area contributed by atoms with Gasteiger partial charge in [-0.15, -0.1) is 0 Å². The number of rotatable bonds is 3. The second-order valence-corrected chi connectivity index (χ2v) is 5.78. The molecule has 2 rings (SSSR count). The predicted molar refractivity (Wildman–Crippen MR) is 61.7 cm³/mol. The Hall–Kier alpha value is 0.270. The number of thioether (sulfide) groups is 1. The van der Waals surface area contributed by atoms with Gasteiger partial charge in [0.25, 0.3) is 0 Å². The summed E-state index contributed by atoms with van der Waals surface area (Å²) >= 11 is 2.07. The van der Waals surface area contributed by atoms with Crippen LogP contribution in [0.1, 0.15) is 32.1 Å². The first-order valence-corrected chi connectivity index (χ1v) is 7.01. The van der Waals surface area contributed by atoms with Gasteiger partial charge in [-0.2, -0.15) is 11.8 Å². The minimum Gasteiger partial charge on any atom is -0.393 e. The van der Waals surface area contributed by atoms with Crippen LogP contribution in [0.25, 0.3) is 0 Å². The Morgan fingerprint density at radius 2 is 1.93 bits per heavy atom. The lowest BCUT2D eigenvalue weighted by molar-refractivity contribution is 0.129. The van der Waals surface area contributed by atoms with Gasteiger partial charge in [-0.1, -0.05) is 6.42 Å². The molecule has 0 bridgehead atoms. The van der Waals surface area contributed by atoms with E-state index in [1.807, 2.05) is 0 Å². The van der Waals surface area contributed by atoms with Crippen molar-refractivity contribution in [1.29, 1.82) is 0 Å². The molecular weight excluding hydrogens is 194 g/mol. The van der Waals surface area contributed by atoms with Crippen molar-refractivity contribution in [1.82, 2.24) is 5.32 Å². The van der Waals surface area contributed by atoms with Crippen molar-refractivity contribution in [2.24, 2.45) is 5.92 Å². The molecule has 0 aromatic rings. The van der Waals surface area contributed by atoms with Gasteiger partial charge in [0.2, 0.25) is 0 Å². The van der Waals surface area contributed by atoms with Crippen molar-refractivity contribution < 1.29 is 5.11 Å². The zero-order valence-corrected chi connectivity index (χ0v) is 9.56. The van der Waals surface area contributed by atoms with Crippen LogP contribution in [-0.2, 0) is 0 Å². The summed E-state index contributed by atoms with van der Waals surface area (Å²) in [5.74, 6) is 3.15. The monoisotopic (exact) mass is 215 g/mol. The highest BCUT2D eigenvalue weighted by molar-refractivity contribution is 7.99. The van der Waals surface area contributed by atoms with Crippen LogP contribution < -0.4 is 5.32 Å². The highest BCUT2D eigenvalue weighted by atomic mass is 32.2. The van der Waals surface area contributed by atoms with Crippen LogP contribution in [0.5, 0.6) is 0 Å². The maximum absolute atomic E-state index is 9.67. The first kappa shape index (κ1) is 10.8. The SMILES string of the molecule is OC1CCCC1CNC1CCSCC1. The van der Waals surface area contributed by atoms with E-state index in [0.717, 1.165) is 19.0 Å². The smallest absolute Gasteiger partial charge is 0.0580 e. The fourth-order valence-corrected chi connectivity index (χ4v) is 3.58. The van der Waals surface area contributed by atoms with E-state index in [9.17, 15) is 5.11 Å². The second-order valence-electron chi connectivity index (χ2n) is 4.55. The van der Waals surface area contributed by atoms with Crippen LogP contribution in [0.2, 0.25) is 0 Å². The Morgan fingerprint density at radius 3 is 2.57 bits per heavy atom. The molecule has 0 radical (unpaired) electrons. The fraction of sp³-hybridized carbons (Fsp3) is 1.00. The molecule has 14 heavy (non-hydrogen) atoms. The van der Waals surface area contributed by atoms with E-state index < -0.39 is 0 Å². The zero-order valence-electron chi connectivity index (χ0n) is 8.74. The molecule has 2 fully saturated rings. The Kier molecular flexibility index (Phi) is 4.14. The van der Waals surface area contributed by atoms with E-state index in [-0.39, 0.29) is 6.10 Å². The van der Waals surface area contributed by atoms with E-state index in [0.29, 0.717) is 5.92 Å². The standard InChI is InChI=1S/C11H21NOS/c13-11-3-1-2-9(11)8-12-10-4-6-14-7-5-10/h9-13H,1-8H2. The van der Waals surface area contributed by atoms with Gasteiger partial charge in [-0.3, -0.25) is 0 Å². The number of aliphatic hydroxyl groups excluding tert-OH is 1. The first-order chi connectivity index (χ1) is 6.86. The van der Waals surface area contributed by atoms with Crippen LogP contribution in [0.15, 0.2) is 0 Å². The second kappa shape index (κ2) is 5.38. The molecule has 1 saturated carbocycles. The Bertz CT molecular complexity index is 171. The van der Waals surface area contributed by atoms with Gasteiger partial charge in [-0.25, -0.2) is 0 Å². The van der Waals surface area contributed by atoms with Gasteiger partial charge in [0, 0.05) is 12.6 Å². The molecular formula is C11H21NOS. The third-order valence-corrected chi connectivity index (χ3v) is 4.56. The van der Waals surface area contributed by atoms with Gasteiger partial charge in [0.1, 0.15) is 0 Å². The van der Waals surface area contributed by atoms with Crippen LogP contribution >= 0.6 is 11.8 Å². The summed E-state index contributed by atoms with van der Waals surface area (Å²) in [6.07, 6.45) is 6.05. The van der Waals surface area contributed by atoms with E-state index in [1.54, 1.807) is 0 Å². The topological polar surface area (TPSA) is 32.3 Å². The molecule has 2 aliphatic rings. The van der Waals surface area contributed by atoms with E-state index in [4.69, 9.17) is 0 Å². The zero-order chi connectivity index (χ0) is 9.80. The predicted octanol–water partition coefficient (Wildman–Crippen LogP) is 1.63. The summed E-state index contributed by atoms with van der Waals surface area (Å²) < 4.78 is 0. The van der Waals surface area contributed by atoms with Crippen LogP contribution in [0.4, 0.5) is 0 Å². The van der Waals surface area contributed by atoms with Gasteiger partial charge >= 0.3 is 0 Å². The fourth-order valence-electron chi connectivity index (χ4n) is 2.48. The lowest BCUT2D eigenvalue weighted by atomic mass is 10.0. The highest BCUT2D eigenvalue weighted by Gasteiger charge is 2.25. The summed E-state index contributed by atoms with van der Waals surface area (Å²) in [5.41, 5.74) is 0. The van der Waals surface area contributed by atoms with Crippen molar-refractivity contribution in [3.05, 3.63) is 0 Å². The Balaban J connectivity index is 1.65. The molecule has 82 valence electrons. The Morgan fingerprint density at radius 1 is 1.14 bits per heavy atom. The molecule has 0 aromatic heterocycles. The summed E-state index contributed by atoms with van der Waals surface area (Å²) in [6, 6.07) is 0.726. The van der Waals surface area contributed by atoms with E-state index >= 15 is 0 Å². The quantitative estimate of drug-likeness (QED) is 0.750. The molecule has 2 N–H and O–H groups in total. The molecule has 0 aromatic carbocycles. The number of hydrogen-bond acceptors (Lipinski definition) is 3. The van der Waals surface area contributed by atoms with Crippen LogP contribution in [0, 0.1) is 5.92 Å².